The van der Waals surface area contributed by atoms with E-state index in [9.17, 15) is 4.79 Å². The predicted octanol–water partition coefficient (Wildman–Crippen LogP) is 2.41. The number of hydrogen-bond acceptors (Lipinski definition) is 4. The van der Waals surface area contributed by atoms with E-state index < -0.39 is 0 Å². The first-order valence-electron chi connectivity index (χ1n) is 8.83. The lowest BCUT2D eigenvalue weighted by atomic mass is 9.95. The first-order valence-corrected chi connectivity index (χ1v) is 8.83. The number of H-pyrrole nitrogens is 1. The number of likely N-dealkylation sites (tertiary alicyclic amines) is 1. The Hall–Kier alpha value is -2.47. The molecule has 4 heterocycles. The van der Waals surface area contributed by atoms with Crippen LogP contribution < -0.4 is 5.43 Å². The lowest BCUT2D eigenvalue weighted by Gasteiger charge is -2.31. The van der Waals surface area contributed by atoms with Crippen LogP contribution in [0, 0.1) is 13.8 Å². The van der Waals surface area contributed by atoms with E-state index in [1.165, 1.54) is 0 Å². The van der Waals surface area contributed by atoms with E-state index in [-0.39, 0.29) is 5.43 Å². The average molecular weight is 337 g/mol. The van der Waals surface area contributed by atoms with Crippen molar-refractivity contribution in [3.63, 3.8) is 0 Å². The summed E-state index contributed by atoms with van der Waals surface area (Å²) >= 11 is 0. The lowest BCUT2D eigenvalue weighted by Crippen LogP contribution is -2.34. The minimum Gasteiger partial charge on any atom is -0.363 e. The Balaban J connectivity index is 1.45. The highest BCUT2D eigenvalue weighted by molar-refractivity contribution is 5.37. The normalized spacial score (nSPS) is 16.6. The second-order valence-electron chi connectivity index (χ2n) is 6.94. The fourth-order valence-electron chi connectivity index (χ4n) is 3.68. The molecule has 1 aliphatic rings. The van der Waals surface area contributed by atoms with Crippen molar-refractivity contribution in [2.75, 3.05) is 13.1 Å². The van der Waals surface area contributed by atoms with Crippen LogP contribution in [-0.2, 0) is 6.54 Å². The van der Waals surface area contributed by atoms with E-state index in [0.29, 0.717) is 5.92 Å². The zero-order chi connectivity index (χ0) is 17.4. The van der Waals surface area contributed by atoms with Crippen molar-refractivity contribution in [2.24, 2.45) is 0 Å². The molecule has 0 spiro atoms. The average Bonchev–Trinajstić information content (AvgIpc) is 3.07. The number of fused-ring (bicyclic) bond motifs is 1. The van der Waals surface area contributed by atoms with Crippen molar-refractivity contribution in [3.05, 3.63) is 63.5 Å². The van der Waals surface area contributed by atoms with E-state index in [4.69, 9.17) is 0 Å². The van der Waals surface area contributed by atoms with Gasteiger partial charge in [0.25, 0.3) is 0 Å². The van der Waals surface area contributed by atoms with Crippen molar-refractivity contribution >= 4 is 5.65 Å². The van der Waals surface area contributed by atoms with Gasteiger partial charge in [0.05, 0.1) is 0 Å². The van der Waals surface area contributed by atoms with Crippen molar-refractivity contribution in [1.29, 1.82) is 0 Å². The van der Waals surface area contributed by atoms with Crippen molar-refractivity contribution in [2.45, 2.75) is 39.2 Å². The molecule has 1 N–H and O–H groups in total. The number of nitrogens with zero attached hydrogens (tertiary/aromatic N) is 4. The van der Waals surface area contributed by atoms with Crippen LogP contribution in [0.2, 0.25) is 0 Å². The maximum absolute atomic E-state index is 12.1. The highest BCUT2D eigenvalue weighted by atomic mass is 16.1. The van der Waals surface area contributed by atoms with Crippen LogP contribution in [0.15, 0.2) is 35.4 Å². The van der Waals surface area contributed by atoms with Crippen LogP contribution in [-0.4, -0.2) is 37.6 Å². The van der Waals surface area contributed by atoms with Crippen LogP contribution in [0.1, 0.15) is 41.4 Å². The van der Waals surface area contributed by atoms with Gasteiger partial charge in [-0.05, 0) is 51.9 Å². The number of rotatable bonds is 3. The van der Waals surface area contributed by atoms with Crippen molar-refractivity contribution in [3.8, 4) is 0 Å². The predicted molar refractivity (Wildman–Crippen MR) is 96.8 cm³/mol. The molecule has 0 atom stereocenters. The summed E-state index contributed by atoms with van der Waals surface area (Å²) < 4.78 is 2.10. The molecule has 0 radical (unpaired) electrons. The third kappa shape index (κ3) is 2.98. The molecule has 3 aromatic rings. The Bertz CT molecular complexity index is 950. The summed E-state index contributed by atoms with van der Waals surface area (Å²) in [6.45, 7) is 6.57. The Morgan fingerprint density at radius 3 is 2.80 bits per heavy atom. The summed E-state index contributed by atoms with van der Waals surface area (Å²) in [6, 6.07) is 5.99. The summed E-state index contributed by atoms with van der Waals surface area (Å²) in [5, 5.41) is 8.68. The number of aromatic amines is 1. The fraction of sp³-hybridized carbons (Fsp3) is 0.421. The van der Waals surface area contributed by atoms with Crippen LogP contribution >= 0.6 is 0 Å². The maximum atomic E-state index is 12.1. The minimum absolute atomic E-state index is 0.151. The van der Waals surface area contributed by atoms with Gasteiger partial charge in [0, 0.05) is 41.7 Å². The van der Waals surface area contributed by atoms with Gasteiger partial charge in [-0.1, -0.05) is 6.07 Å². The molecule has 25 heavy (non-hydrogen) atoms. The molecule has 6 heteroatoms. The Morgan fingerprint density at radius 1 is 1.20 bits per heavy atom. The molecule has 0 aliphatic carbocycles. The van der Waals surface area contributed by atoms with Gasteiger partial charge in [0.2, 0.25) is 0 Å². The lowest BCUT2D eigenvalue weighted by molar-refractivity contribution is 0.199. The fourth-order valence-corrected chi connectivity index (χ4v) is 3.68. The summed E-state index contributed by atoms with van der Waals surface area (Å²) in [7, 11) is 0. The molecule has 0 saturated carbocycles. The van der Waals surface area contributed by atoms with Crippen LogP contribution in [0.4, 0.5) is 0 Å². The van der Waals surface area contributed by atoms with E-state index in [1.54, 1.807) is 0 Å². The van der Waals surface area contributed by atoms with Gasteiger partial charge in [-0.3, -0.25) is 14.1 Å². The number of pyridine rings is 2. The molecule has 0 aromatic carbocycles. The molecular weight excluding hydrogens is 314 g/mol. The third-order valence-electron chi connectivity index (χ3n) is 5.29. The van der Waals surface area contributed by atoms with Gasteiger partial charge >= 0.3 is 0 Å². The van der Waals surface area contributed by atoms with E-state index in [2.05, 4.69) is 24.5 Å². The van der Waals surface area contributed by atoms with E-state index in [0.717, 1.165) is 60.8 Å². The summed E-state index contributed by atoms with van der Waals surface area (Å²) in [6.07, 6.45) is 5.98. The molecule has 1 fully saturated rings. The Morgan fingerprint density at radius 2 is 2.00 bits per heavy atom. The van der Waals surface area contributed by atoms with Gasteiger partial charge in [-0.25, -0.2) is 0 Å². The SMILES string of the molecule is Cc1c[nH]c(CN2CCC(c3nnc4ccccn34)CC2)c(C)c1=O. The van der Waals surface area contributed by atoms with Gasteiger partial charge in [0.1, 0.15) is 5.82 Å². The molecule has 0 bridgehead atoms. The van der Waals surface area contributed by atoms with Crippen LogP contribution in [0.3, 0.4) is 0 Å². The molecule has 1 aliphatic heterocycles. The zero-order valence-electron chi connectivity index (χ0n) is 14.7. The van der Waals surface area contributed by atoms with E-state index in [1.807, 2.05) is 44.4 Å². The zero-order valence-corrected chi connectivity index (χ0v) is 14.7. The first kappa shape index (κ1) is 16.0. The van der Waals surface area contributed by atoms with Crippen LogP contribution in [0.25, 0.3) is 5.65 Å². The second kappa shape index (κ2) is 6.44. The highest BCUT2D eigenvalue weighted by Crippen LogP contribution is 2.27. The largest absolute Gasteiger partial charge is 0.363 e. The summed E-state index contributed by atoms with van der Waals surface area (Å²) in [5.41, 5.74) is 3.71. The van der Waals surface area contributed by atoms with Crippen LogP contribution in [0.5, 0.6) is 0 Å². The van der Waals surface area contributed by atoms with Gasteiger partial charge in [0.15, 0.2) is 11.1 Å². The van der Waals surface area contributed by atoms with Gasteiger partial charge in [-0.15, -0.1) is 10.2 Å². The van der Waals surface area contributed by atoms with E-state index >= 15 is 0 Å². The summed E-state index contributed by atoms with van der Waals surface area (Å²) in [5.74, 6) is 1.50. The standard InChI is InChI=1S/C19H23N5O/c1-13-11-20-16(14(2)18(13)25)12-23-9-6-15(7-10-23)19-22-21-17-5-3-4-8-24(17)19/h3-5,8,11,15H,6-7,9-10,12H2,1-2H3,(H,20,25). The molecule has 3 aromatic heterocycles. The Labute approximate surface area is 146 Å². The molecule has 4 rings (SSSR count). The molecule has 130 valence electrons. The van der Waals surface area contributed by atoms with Gasteiger partial charge in [-0.2, -0.15) is 0 Å². The minimum atomic E-state index is 0.151. The van der Waals surface area contributed by atoms with Crippen molar-refractivity contribution < 1.29 is 0 Å². The Kier molecular flexibility index (Phi) is 4.13. The number of piperidine rings is 1. The number of aromatic nitrogens is 4. The maximum Gasteiger partial charge on any atom is 0.187 e. The molecule has 0 unspecified atom stereocenters. The van der Waals surface area contributed by atoms with Gasteiger partial charge < -0.3 is 4.98 Å². The number of nitrogens with one attached hydrogen (secondary N) is 1. The molecular formula is C19H23N5O. The molecule has 6 nitrogen and oxygen atoms in total. The van der Waals surface area contributed by atoms with Crippen molar-refractivity contribution in [1.82, 2.24) is 24.5 Å². The molecule has 0 amide bonds. The third-order valence-corrected chi connectivity index (χ3v) is 5.29. The second-order valence-corrected chi connectivity index (χ2v) is 6.94. The highest BCUT2D eigenvalue weighted by Gasteiger charge is 2.25. The smallest absolute Gasteiger partial charge is 0.187 e. The number of hydrogen-bond donors (Lipinski definition) is 1. The summed E-state index contributed by atoms with van der Waals surface area (Å²) in [4.78, 5) is 17.8. The quantitative estimate of drug-likeness (QED) is 0.797. The number of aryl methyl sites for hydroxylation is 1. The monoisotopic (exact) mass is 337 g/mol. The molecule has 1 saturated heterocycles. The topological polar surface area (TPSA) is 66.3 Å². The first-order chi connectivity index (χ1) is 12.1.